The van der Waals surface area contributed by atoms with Crippen LogP contribution in [-0.4, -0.2) is 13.1 Å². The molecule has 0 bridgehead atoms. The first-order chi connectivity index (χ1) is 9.90. The van der Waals surface area contributed by atoms with E-state index in [0.29, 0.717) is 0 Å². The van der Waals surface area contributed by atoms with Crippen LogP contribution in [0.25, 0.3) is 10.8 Å². The molecule has 0 fully saturated rings. The first-order valence-corrected chi connectivity index (χ1v) is 8.13. The lowest BCUT2D eigenvalue weighted by atomic mass is 9.96. The quantitative estimate of drug-likeness (QED) is 0.739. The molecular formula is C19H25N. The van der Waals surface area contributed by atoms with Gasteiger partial charge in [-0.15, -0.1) is 0 Å². The fraction of sp³-hybridized carbons (Fsp3) is 0.474. The van der Waals surface area contributed by atoms with Crippen molar-refractivity contribution in [3.63, 3.8) is 0 Å². The zero-order chi connectivity index (χ0) is 13.8. The Morgan fingerprint density at radius 2 is 1.80 bits per heavy atom. The van der Waals surface area contributed by atoms with E-state index in [4.69, 9.17) is 0 Å². The van der Waals surface area contributed by atoms with Gasteiger partial charge in [0, 0.05) is 0 Å². The Morgan fingerprint density at radius 3 is 2.65 bits per heavy atom. The Bertz CT molecular complexity index is 575. The average Bonchev–Trinajstić information content (AvgIpc) is 2.90. The van der Waals surface area contributed by atoms with Crippen LogP contribution in [0, 0.1) is 0 Å². The molecule has 0 unspecified atom stereocenters. The lowest BCUT2D eigenvalue weighted by Crippen LogP contribution is -2.13. The van der Waals surface area contributed by atoms with E-state index in [0.717, 1.165) is 6.54 Å². The van der Waals surface area contributed by atoms with Crippen molar-refractivity contribution in [1.29, 1.82) is 0 Å². The van der Waals surface area contributed by atoms with Gasteiger partial charge in [-0.3, -0.25) is 0 Å². The predicted molar refractivity (Wildman–Crippen MR) is 87.5 cm³/mol. The third-order valence-corrected chi connectivity index (χ3v) is 4.52. The van der Waals surface area contributed by atoms with Crippen LogP contribution in [0.5, 0.6) is 0 Å². The van der Waals surface area contributed by atoms with Gasteiger partial charge in [0.15, 0.2) is 0 Å². The summed E-state index contributed by atoms with van der Waals surface area (Å²) in [5.74, 6) is 0. The zero-order valence-corrected chi connectivity index (χ0v) is 12.5. The first kappa shape index (κ1) is 13.6. The second kappa shape index (κ2) is 6.41. The van der Waals surface area contributed by atoms with Gasteiger partial charge in [-0.05, 0) is 72.7 Å². The molecule has 0 heterocycles. The molecule has 0 aliphatic heterocycles. The van der Waals surface area contributed by atoms with Gasteiger partial charge in [-0.25, -0.2) is 0 Å². The average molecular weight is 267 g/mol. The largest absolute Gasteiger partial charge is 0.317 e. The summed E-state index contributed by atoms with van der Waals surface area (Å²) in [6.45, 7) is 4.43. The van der Waals surface area contributed by atoms with Gasteiger partial charge < -0.3 is 5.32 Å². The van der Waals surface area contributed by atoms with Crippen molar-refractivity contribution in [1.82, 2.24) is 5.32 Å². The highest BCUT2D eigenvalue weighted by Gasteiger charge is 2.15. The number of hydrogen-bond acceptors (Lipinski definition) is 1. The van der Waals surface area contributed by atoms with Crippen molar-refractivity contribution < 1.29 is 0 Å². The number of benzene rings is 2. The van der Waals surface area contributed by atoms with Crippen LogP contribution in [0.3, 0.4) is 0 Å². The van der Waals surface area contributed by atoms with Gasteiger partial charge >= 0.3 is 0 Å². The summed E-state index contributed by atoms with van der Waals surface area (Å²) in [6, 6.07) is 11.6. The van der Waals surface area contributed by atoms with Crippen LogP contribution < -0.4 is 5.32 Å². The van der Waals surface area contributed by atoms with Crippen LogP contribution in [0.4, 0.5) is 0 Å². The minimum absolute atomic E-state index is 1.09. The van der Waals surface area contributed by atoms with Crippen molar-refractivity contribution in [3.05, 3.63) is 47.0 Å². The lowest BCUT2D eigenvalue weighted by Gasteiger charge is -2.09. The number of aryl methyl sites for hydroxylation is 3. The molecule has 1 N–H and O–H groups in total. The first-order valence-electron chi connectivity index (χ1n) is 8.13. The predicted octanol–water partition coefficient (Wildman–Crippen LogP) is 4.26. The monoisotopic (exact) mass is 267 g/mol. The fourth-order valence-corrected chi connectivity index (χ4v) is 3.44. The molecule has 1 nitrogen and oxygen atoms in total. The molecule has 0 aromatic heterocycles. The number of hydrogen-bond donors (Lipinski definition) is 1. The second-order valence-corrected chi connectivity index (χ2v) is 5.89. The molecule has 0 atom stereocenters. The third kappa shape index (κ3) is 2.73. The molecule has 3 rings (SSSR count). The summed E-state index contributed by atoms with van der Waals surface area (Å²) in [4.78, 5) is 0. The molecular weight excluding hydrogens is 242 g/mol. The summed E-state index contributed by atoms with van der Waals surface area (Å²) in [5.41, 5.74) is 4.67. The van der Waals surface area contributed by atoms with Crippen LogP contribution >= 0.6 is 0 Å². The fourth-order valence-electron chi connectivity index (χ4n) is 3.44. The highest BCUT2D eigenvalue weighted by Crippen LogP contribution is 2.33. The number of unbranched alkanes of at least 4 members (excludes halogenated alkanes) is 2. The topological polar surface area (TPSA) is 12.0 Å². The molecule has 106 valence electrons. The molecule has 2 aromatic rings. The Labute approximate surface area is 122 Å². The van der Waals surface area contributed by atoms with E-state index in [2.05, 4.69) is 42.6 Å². The summed E-state index contributed by atoms with van der Waals surface area (Å²) in [7, 11) is 0. The molecule has 0 spiro atoms. The summed E-state index contributed by atoms with van der Waals surface area (Å²) in [6.07, 6.45) is 7.64. The van der Waals surface area contributed by atoms with Crippen LogP contribution in [0.1, 0.15) is 42.9 Å². The SMILES string of the molecule is CCNCCCCCc1ccc2c3c(cccc13)CC2. The van der Waals surface area contributed by atoms with E-state index < -0.39 is 0 Å². The molecule has 0 amide bonds. The van der Waals surface area contributed by atoms with Gasteiger partial charge in [0.05, 0.1) is 0 Å². The Hall–Kier alpha value is -1.34. The second-order valence-electron chi connectivity index (χ2n) is 5.89. The van der Waals surface area contributed by atoms with E-state index >= 15 is 0 Å². The van der Waals surface area contributed by atoms with Gasteiger partial charge in [-0.1, -0.05) is 43.7 Å². The Morgan fingerprint density at radius 1 is 0.950 bits per heavy atom. The van der Waals surface area contributed by atoms with Gasteiger partial charge in [0.1, 0.15) is 0 Å². The van der Waals surface area contributed by atoms with Gasteiger partial charge in [0.25, 0.3) is 0 Å². The Balaban J connectivity index is 1.67. The van der Waals surface area contributed by atoms with Crippen molar-refractivity contribution in [2.24, 2.45) is 0 Å². The minimum atomic E-state index is 1.09. The van der Waals surface area contributed by atoms with Crippen LogP contribution in [-0.2, 0) is 19.3 Å². The van der Waals surface area contributed by atoms with Crippen molar-refractivity contribution >= 4 is 10.8 Å². The summed E-state index contributed by atoms with van der Waals surface area (Å²) >= 11 is 0. The molecule has 0 saturated heterocycles. The van der Waals surface area contributed by atoms with Crippen molar-refractivity contribution in [2.75, 3.05) is 13.1 Å². The molecule has 1 aliphatic rings. The molecule has 0 saturated carbocycles. The molecule has 0 radical (unpaired) electrons. The molecule has 1 heteroatoms. The van der Waals surface area contributed by atoms with E-state index in [9.17, 15) is 0 Å². The summed E-state index contributed by atoms with van der Waals surface area (Å²) in [5, 5.41) is 6.48. The van der Waals surface area contributed by atoms with Crippen LogP contribution in [0.15, 0.2) is 30.3 Å². The standard InChI is InChI=1S/C19H25N/c1-2-20-14-5-3-4-7-15-10-11-17-13-12-16-8-6-9-18(15)19(16)17/h6,8-11,20H,2-5,7,12-14H2,1H3. The van der Waals surface area contributed by atoms with Crippen molar-refractivity contribution in [2.45, 2.75) is 45.4 Å². The maximum Gasteiger partial charge on any atom is -0.00490 e. The van der Waals surface area contributed by atoms with Gasteiger partial charge in [-0.2, -0.15) is 0 Å². The van der Waals surface area contributed by atoms with Gasteiger partial charge in [0.2, 0.25) is 0 Å². The highest BCUT2D eigenvalue weighted by molar-refractivity contribution is 5.93. The molecule has 2 aromatic carbocycles. The van der Waals surface area contributed by atoms with Crippen LogP contribution in [0.2, 0.25) is 0 Å². The van der Waals surface area contributed by atoms with E-state index in [1.54, 1.807) is 22.1 Å². The van der Waals surface area contributed by atoms with E-state index in [1.165, 1.54) is 50.5 Å². The van der Waals surface area contributed by atoms with E-state index in [1.807, 2.05) is 0 Å². The Kier molecular flexibility index (Phi) is 4.37. The number of rotatable bonds is 7. The lowest BCUT2D eigenvalue weighted by molar-refractivity contribution is 0.617. The minimum Gasteiger partial charge on any atom is -0.317 e. The van der Waals surface area contributed by atoms with Crippen molar-refractivity contribution in [3.8, 4) is 0 Å². The third-order valence-electron chi connectivity index (χ3n) is 4.52. The zero-order valence-electron chi connectivity index (χ0n) is 12.5. The molecule has 20 heavy (non-hydrogen) atoms. The highest BCUT2D eigenvalue weighted by atomic mass is 14.8. The maximum atomic E-state index is 3.40. The molecule has 1 aliphatic carbocycles. The smallest absolute Gasteiger partial charge is 0.00490 e. The normalized spacial score (nSPS) is 13.2. The van der Waals surface area contributed by atoms with E-state index in [-0.39, 0.29) is 0 Å². The summed E-state index contributed by atoms with van der Waals surface area (Å²) < 4.78 is 0. The maximum absolute atomic E-state index is 3.40. The number of nitrogens with one attached hydrogen (secondary N) is 1.